The van der Waals surface area contributed by atoms with Crippen molar-refractivity contribution in [1.82, 2.24) is 5.32 Å². The maximum Gasteiger partial charge on any atom is 0.422 e. The standard InChI is InChI=1S/C5H9N3O3/c1-6-5(8(10)11)7-3-2-4-9/h4H,2-3H2,1H3,(H,6,7). The Morgan fingerprint density at radius 2 is 2.45 bits per heavy atom. The smallest absolute Gasteiger partial charge is 0.390 e. The number of hydrogen-bond donors (Lipinski definition) is 1. The largest absolute Gasteiger partial charge is 0.422 e. The van der Waals surface area contributed by atoms with Gasteiger partial charge in [0.05, 0.1) is 13.6 Å². The fourth-order valence-corrected chi connectivity index (χ4v) is 0.468. The van der Waals surface area contributed by atoms with Gasteiger partial charge < -0.3 is 14.9 Å². The lowest BCUT2D eigenvalue weighted by Crippen LogP contribution is -2.31. The van der Waals surface area contributed by atoms with E-state index >= 15 is 0 Å². The third-order valence-electron chi connectivity index (χ3n) is 0.930. The Hall–Kier alpha value is -1.46. The minimum absolute atomic E-state index is 0.243. The Labute approximate surface area is 63.5 Å². The second-order valence-electron chi connectivity index (χ2n) is 1.69. The first-order chi connectivity index (χ1) is 5.22. The maximum atomic E-state index is 10.0. The minimum Gasteiger partial charge on any atom is -0.390 e. The monoisotopic (exact) mass is 159 g/mol. The average Bonchev–Trinajstić information content (AvgIpc) is 1.97. The fraction of sp³-hybridized carbons (Fsp3) is 0.600. The van der Waals surface area contributed by atoms with Crippen LogP contribution in [0.15, 0.2) is 4.99 Å². The molecule has 62 valence electrons. The first-order valence-electron chi connectivity index (χ1n) is 3.01. The summed E-state index contributed by atoms with van der Waals surface area (Å²) in [7, 11) is 1.31. The van der Waals surface area contributed by atoms with Gasteiger partial charge in [-0.05, 0) is 4.92 Å². The highest BCUT2D eigenvalue weighted by atomic mass is 16.6. The van der Waals surface area contributed by atoms with Crippen LogP contribution < -0.4 is 5.32 Å². The first kappa shape index (κ1) is 9.54. The zero-order valence-electron chi connectivity index (χ0n) is 6.11. The Bertz CT molecular complexity index is 178. The molecule has 6 heteroatoms. The highest BCUT2D eigenvalue weighted by Crippen LogP contribution is 1.75. The summed E-state index contributed by atoms with van der Waals surface area (Å²) in [6.45, 7) is 0.247. The van der Waals surface area contributed by atoms with Crippen molar-refractivity contribution in [3.63, 3.8) is 0 Å². The molecule has 0 saturated carbocycles. The van der Waals surface area contributed by atoms with Crippen LogP contribution in [0.5, 0.6) is 0 Å². The number of aldehydes is 1. The molecule has 0 saturated heterocycles. The van der Waals surface area contributed by atoms with Gasteiger partial charge in [0, 0.05) is 6.42 Å². The second kappa shape index (κ2) is 5.33. The summed E-state index contributed by atoms with van der Waals surface area (Å²) in [5.41, 5.74) is 0. The molecule has 11 heavy (non-hydrogen) atoms. The van der Waals surface area contributed by atoms with Crippen molar-refractivity contribution in [2.75, 3.05) is 13.6 Å². The molecular formula is C5H9N3O3. The van der Waals surface area contributed by atoms with Crippen molar-refractivity contribution < 1.29 is 9.72 Å². The Morgan fingerprint density at radius 3 is 2.82 bits per heavy atom. The third kappa shape index (κ3) is 4.01. The van der Waals surface area contributed by atoms with Gasteiger partial charge in [0.1, 0.15) is 6.29 Å². The lowest BCUT2D eigenvalue weighted by atomic mass is 10.5. The Kier molecular flexibility index (Phi) is 4.63. The normalized spacial score (nSPS) is 10.8. The molecule has 0 aliphatic carbocycles. The Morgan fingerprint density at radius 1 is 1.82 bits per heavy atom. The lowest BCUT2D eigenvalue weighted by Gasteiger charge is -1.98. The van der Waals surface area contributed by atoms with E-state index in [1.165, 1.54) is 7.05 Å². The molecule has 0 aromatic heterocycles. The van der Waals surface area contributed by atoms with E-state index in [0.29, 0.717) is 6.29 Å². The number of nitrogens with zero attached hydrogens (tertiary/aromatic N) is 2. The molecule has 0 amide bonds. The number of carbonyl (C=O) groups is 1. The average molecular weight is 159 g/mol. The first-order valence-corrected chi connectivity index (χ1v) is 3.01. The molecular weight excluding hydrogens is 150 g/mol. The number of hydrogen-bond acceptors (Lipinski definition) is 4. The number of nitro groups is 1. The SMILES string of the molecule is C/N=C(\NCCC=O)[N+](=O)[O-]. The zero-order valence-corrected chi connectivity index (χ0v) is 6.11. The van der Waals surface area contributed by atoms with Crippen molar-refractivity contribution in [2.45, 2.75) is 6.42 Å². The van der Waals surface area contributed by atoms with Crippen LogP contribution in [0.2, 0.25) is 0 Å². The molecule has 1 N–H and O–H groups in total. The predicted molar refractivity (Wildman–Crippen MR) is 39.0 cm³/mol. The van der Waals surface area contributed by atoms with Gasteiger partial charge in [0.15, 0.2) is 0 Å². The van der Waals surface area contributed by atoms with Gasteiger partial charge in [0.25, 0.3) is 0 Å². The van der Waals surface area contributed by atoms with Gasteiger partial charge in [-0.2, -0.15) is 0 Å². The van der Waals surface area contributed by atoms with Crippen LogP contribution in [-0.4, -0.2) is 30.8 Å². The lowest BCUT2D eigenvalue weighted by molar-refractivity contribution is -0.355. The molecule has 0 radical (unpaired) electrons. The predicted octanol–water partition coefficient (Wildman–Crippen LogP) is -0.573. The molecule has 0 bridgehead atoms. The highest BCUT2D eigenvalue weighted by molar-refractivity contribution is 5.71. The van der Waals surface area contributed by atoms with E-state index in [-0.39, 0.29) is 18.9 Å². The second-order valence-corrected chi connectivity index (χ2v) is 1.69. The van der Waals surface area contributed by atoms with E-state index in [9.17, 15) is 14.9 Å². The van der Waals surface area contributed by atoms with Crippen LogP contribution in [0, 0.1) is 10.1 Å². The molecule has 0 aromatic carbocycles. The van der Waals surface area contributed by atoms with Crippen molar-refractivity contribution in [1.29, 1.82) is 0 Å². The van der Waals surface area contributed by atoms with Gasteiger partial charge in [-0.1, -0.05) is 0 Å². The molecule has 0 fully saturated rings. The van der Waals surface area contributed by atoms with Crippen LogP contribution in [0.25, 0.3) is 0 Å². The van der Waals surface area contributed by atoms with E-state index in [0.717, 1.165) is 0 Å². The molecule has 0 aliphatic rings. The van der Waals surface area contributed by atoms with E-state index in [1.54, 1.807) is 0 Å². The summed E-state index contributed by atoms with van der Waals surface area (Å²) in [5, 5.41) is 12.4. The Balaban J connectivity index is 3.72. The summed E-state index contributed by atoms with van der Waals surface area (Å²) in [6.07, 6.45) is 0.924. The van der Waals surface area contributed by atoms with E-state index in [1.807, 2.05) is 0 Å². The summed E-state index contributed by atoms with van der Waals surface area (Å²) < 4.78 is 0. The quantitative estimate of drug-likeness (QED) is 0.149. The van der Waals surface area contributed by atoms with Gasteiger partial charge >= 0.3 is 5.96 Å². The maximum absolute atomic E-state index is 10.0. The van der Waals surface area contributed by atoms with Crippen LogP contribution in [-0.2, 0) is 4.79 Å². The van der Waals surface area contributed by atoms with E-state index < -0.39 is 4.92 Å². The third-order valence-corrected chi connectivity index (χ3v) is 0.930. The van der Waals surface area contributed by atoms with E-state index in [4.69, 9.17) is 0 Å². The van der Waals surface area contributed by atoms with Crippen LogP contribution >= 0.6 is 0 Å². The molecule has 6 nitrogen and oxygen atoms in total. The van der Waals surface area contributed by atoms with Crippen LogP contribution in [0.3, 0.4) is 0 Å². The van der Waals surface area contributed by atoms with E-state index in [2.05, 4.69) is 10.3 Å². The van der Waals surface area contributed by atoms with Crippen molar-refractivity contribution >= 4 is 12.2 Å². The van der Waals surface area contributed by atoms with Gasteiger partial charge in [0.2, 0.25) is 0 Å². The van der Waals surface area contributed by atoms with Crippen LogP contribution in [0.4, 0.5) is 0 Å². The molecule has 0 rings (SSSR count). The van der Waals surface area contributed by atoms with Gasteiger partial charge in [-0.15, -0.1) is 4.99 Å². The van der Waals surface area contributed by atoms with Crippen molar-refractivity contribution in [3.05, 3.63) is 10.1 Å². The number of rotatable bonds is 3. The number of carbonyl (C=O) groups excluding carboxylic acids is 1. The zero-order chi connectivity index (χ0) is 8.69. The van der Waals surface area contributed by atoms with Crippen molar-refractivity contribution in [3.8, 4) is 0 Å². The van der Waals surface area contributed by atoms with Gasteiger partial charge in [-0.3, -0.25) is 5.32 Å². The molecule has 0 heterocycles. The molecule has 0 unspecified atom stereocenters. The molecule has 0 aliphatic heterocycles. The number of nitrogens with one attached hydrogen (secondary N) is 1. The fourth-order valence-electron chi connectivity index (χ4n) is 0.468. The number of guanidine groups is 1. The highest BCUT2D eigenvalue weighted by Gasteiger charge is 2.05. The molecule has 0 spiro atoms. The summed E-state index contributed by atoms with van der Waals surface area (Å²) >= 11 is 0. The topological polar surface area (TPSA) is 84.6 Å². The summed E-state index contributed by atoms with van der Waals surface area (Å²) in [5.74, 6) is -0.313. The minimum atomic E-state index is -0.634. The van der Waals surface area contributed by atoms with Gasteiger partial charge in [-0.25, -0.2) is 0 Å². The summed E-state index contributed by atoms with van der Waals surface area (Å²) in [6, 6.07) is 0. The number of aliphatic imine (C=N–C) groups is 1. The van der Waals surface area contributed by atoms with Crippen molar-refractivity contribution in [2.24, 2.45) is 4.99 Å². The van der Waals surface area contributed by atoms with Crippen LogP contribution in [0.1, 0.15) is 6.42 Å². The molecule has 0 atom stereocenters. The summed E-state index contributed by atoms with van der Waals surface area (Å²) in [4.78, 5) is 22.6. The molecule has 0 aromatic rings.